The number of pyridine rings is 1. The van der Waals surface area contributed by atoms with Crippen LogP contribution >= 0.6 is 11.6 Å². The Hall–Kier alpha value is -2.99. The van der Waals surface area contributed by atoms with E-state index >= 15 is 0 Å². The van der Waals surface area contributed by atoms with Gasteiger partial charge in [0.25, 0.3) is 0 Å². The number of nitrogens with zero attached hydrogens (tertiary/aromatic N) is 4. The second-order valence-corrected chi connectivity index (χ2v) is 5.83. The second-order valence-electron chi connectivity index (χ2n) is 5.43. The first-order valence-corrected chi connectivity index (χ1v) is 8.02. The van der Waals surface area contributed by atoms with E-state index in [2.05, 4.69) is 20.4 Å². The lowest BCUT2D eigenvalue weighted by Gasteiger charge is -2.08. The minimum absolute atomic E-state index is 0.0706. The Balaban J connectivity index is 1.69. The summed E-state index contributed by atoms with van der Waals surface area (Å²) in [6.45, 7) is 0.567. The molecule has 0 aliphatic carbocycles. The highest BCUT2D eigenvalue weighted by atomic mass is 35.5. The van der Waals surface area contributed by atoms with Crippen molar-refractivity contribution in [2.45, 2.75) is 6.54 Å². The van der Waals surface area contributed by atoms with Crippen molar-refractivity contribution in [3.05, 3.63) is 77.6 Å². The third-order valence-corrected chi connectivity index (χ3v) is 4.10. The van der Waals surface area contributed by atoms with Crippen molar-refractivity contribution in [1.29, 1.82) is 0 Å². The lowest BCUT2D eigenvalue weighted by molar-refractivity contribution is 0.628. The van der Waals surface area contributed by atoms with Crippen LogP contribution in [-0.2, 0) is 6.54 Å². The predicted molar refractivity (Wildman–Crippen MR) is 95.0 cm³/mol. The van der Waals surface area contributed by atoms with Crippen LogP contribution in [0.4, 0.5) is 10.2 Å². The van der Waals surface area contributed by atoms with Gasteiger partial charge < -0.3 is 5.32 Å². The molecule has 0 bridgehead atoms. The monoisotopic (exact) mass is 353 g/mol. The van der Waals surface area contributed by atoms with Crippen LogP contribution in [0, 0.1) is 5.82 Å². The van der Waals surface area contributed by atoms with E-state index in [4.69, 9.17) is 11.6 Å². The van der Waals surface area contributed by atoms with Crippen LogP contribution in [0.5, 0.6) is 0 Å². The van der Waals surface area contributed by atoms with Crippen molar-refractivity contribution in [2.75, 3.05) is 5.32 Å². The molecular formula is C18H13ClFN5. The van der Waals surface area contributed by atoms with Crippen LogP contribution < -0.4 is 5.32 Å². The zero-order chi connectivity index (χ0) is 17.2. The van der Waals surface area contributed by atoms with Crippen LogP contribution in [0.25, 0.3) is 16.8 Å². The molecule has 0 unspecified atom stereocenters. The third kappa shape index (κ3) is 3.04. The first-order chi connectivity index (χ1) is 12.2. The van der Waals surface area contributed by atoms with Crippen molar-refractivity contribution < 1.29 is 4.39 Å². The Morgan fingerprint density at radius 1 is 1.08 bits per heavy atom. The summed E-state index contributed by atoms with van der Waals surface area (Å²) < 4.78 is 15.1. The van der Waals surface area contributed by atoms with E-state index in [1.165, 1.54) is 6.07 Å². The number of hydrogen-bond acceptors (Lipinski definition) is 4. The smallest absolute Gasteiger partial charge is 0.165 e. The molecule has 124 valence electrons. The molecule has 3 heterocycles. The Bertz CT molecular complexity index is 1030. The molecular weight excluding hydrogens is 341 g/mol. The SMILES string of the molecule is Fc1ccc(-c2cnn3c(NCc4ccccn4)ccnc23)cc1Cl. The molecule has 0 saturated heterocycles. The highest BCUT2D eigenvalue weighted by Gasteiger charge is 2.12. The van der Waals surface area contributed by atoms with Gasteiger partial charge in [-0.3, -0.25) is 4.98 Å². The maximum Gasteiger partial charge on any atom is 0.165 e. The molecule has 0 saturated carbocycles. The first kappa shape index (κ1) is 15.5. The van der Waals surface area contributed by atoms with Gasteiger partial charge in [-0.1, -0.05) is 23.7 Å². The summed E-state index contributed by atoms with van der Waals surface area (Å²) in [4.78, 5) is 8.68. The number of anilines is 1. The lowest BCUT2D eigenvalue weighted by Crippen LogP contribution is -2.06. The average Bonchev–Trinajstić information content (AvgIpc) is 3.08. The van der Waals surface area contributed by atoms with Crippen molar-refractivity contribution in [3.63, 3.8) is 0 Å². The molecule has 0 atom stereocenters. The quantitative estimate of drug-likeness (QED) is 0.597. The Morgan fingerprint density at radius 3 is 2.80 bits per heavy atom. The number of benzene rings is 1. The van der Waals surface area contributed by atoms with E-state index in [-0.39, 0.29) is 5.02 Å². The summed E-state index contributed by atoms with van der Waals surface area (Å²) >= 11 is 5.89. The van der Waals surface area contributed by atoms with Crippen LogP contribution in [0.3, 0.4) is 0 Å². The predicted octanol–water partition coefficient (Wildman–Crippen LogP) is 4.20. The highest BCUT2D eigenvalue weighted by molar-refractivity contribution is 6.31. The number of rotatable bonds is 4. The molecule has 0 aliphatic heterocycles. The van der Waals surface area contributed by atoms with Gasteiger partial charge in [-0.05, 0) is 35.9 Å². The van der Waals surface area contributed by atoms with E-state index < -0.39 is 5.82 Å². The molecule has 0 amide bonds. The fourth-order valence-corrected chi connectivity index (χ4v) is 2.76. The molecule has 0 fully saturated rings. The highest BCUT2D eigenvalue weighted by Crippen LogP contribution is 2.28. The molecule has 7 heteroatoms. The normalized spacial score (nSPS) is 11.0. The van der Waals surface area contributed by atoms with Crippen LogP contribution in [0.1, 0.15) is 5.69 Å². The Labute approximate surface area is 148 Å². The zero-order valence-electron chi connectivity index (χ0n) is 13.0. The largest absolute Gasteiger partial charge is 0.364 e. The second kappa shape index (κ2) is 6.49. The molecule has 0 spiro atoms. The number of aromatic nitrogens is 4. The van der Waals surface area contributed by atoms with Crippen LogP contribution in [-0.4, -0.2) is 19.6 Å². The minimum atomic E-state index is -0.451. The summed E-state index contributed by atoms with van der Waals surface area (Å²) in [5.74, 6) is 0.336. The lowest BCUT2D eigenvalue weighted by atomic mass is 10.1. The maximum absolute atomic E-state index is 13.4. The van der Waals surface area contributed by atoms with Gasteiger partial charge in [0.15, 0.2) is 5.65 Å². The molecule has 1 N–H and O–H groups in total. The summed E-state index contributed by atoms with van der Waals surface area (Å²) in [5, 5.41) is 7.77. The molecule has 0 radical (unpaired) electrons. The minimum Gasteiger partial charge on any atom is -0.364 e. The van der Waals surface area contributed by atoms with Gasteiger partial charge in [-0.2, -0.15) is 9.61 Å². The van der Waals surface area contributed by atoms with Gasteiger partial charge in [0.05, 0.1) is 23.5 Å². The fourth-order valence-electron chi connectivity index (χ4n) is 2.58. The molecule has 1 aromatic carbocycles. The van der Waals surface area contributed by atoms with Gasteiger partial charge in [-0.15, -0.1) is 0 Å². The number of nitrogens with one attached hydrogen (secondary N) is 1. The first-order valence-electron chi connectivity index (χ1n) is 7.64. The van der Waals surface area contributed by atoms with Crippen molar-refractivity contribution in [3.8, 4) is 11.1 Å². The van der Waals surface area contributed by atoms with E-state index in [0.29, 0.717) is 12.2 Å². The van der Waals surface area contributed by atoms with Crippen LogP contribution in [0.15, 0.2) is 61.1 Å². The Morgan fingerprint density at radius 2 is 2.00 bits per heavy atom. The molecule has 4 rings (SSSR count). The topological polar surface area (TPSA) is 55.1 Å². The third-order valence-electron chi connectivity index (χ3n) is 3.81. The number of hydrogen-bond donors (Lipinski definition) is 1. The van der Waals surface area contributed by atoms with E-state index in [1.54, 1.807) is 35.2 Å². The van der Waals surface area contributed by atoms with E-state index in [0.717, 1.165) is 22.6 Å². The van der Waals surface area contributed by atoms with Crippen LogP contribution in [0.2, 0.25) is 5.02 Å². The van der Waals surface area contributed by atoms with E-state index in [1.807, 2.05) is 24.3 Å². The van der Waals surface area contributed by atoms with Crippen molar-refractivity contribution >= 4 is 23.1 Å². The summed E-state index contributed by atoms with van der Waals surface area (Å²) in [5.41, 5.74) is 3.12. The van der Waals surface area contributed by atoms with Crippen molar-refractivity contribution in [1.82, 2.24) is 19.6 Å². The fraction of sp³-hybridized carbons (Fsp3) is 0.0556. The van der Waals surface area contributed by atoms with Gasteiger partial charge in [0.2, 0.25) is 0 Å². The van der Waals surface area contributed by atoms with Crippen molar-refractivity contribution in [2.24, 2.45) is 0 Å². The van der Waals surface area contributed by atoms with Gasteiger partial charge in [-0.25, -0.2) is 9.37 Å². The summed E-state index contributed by atoms with van der Waals surface area (Å²) in [6.07, 6.45) is 5.15. The van der Waals surface area contributed by atoms with Gasteiger partial charge in [0.1, 0.15) is 11.6 Å². The summed E-state index contributed by atoms with van der Waals surface area (Å²) in [7, 11) is 0. The van der Waals surface area contributed by atoms with Gasteiger partial charge in [0, 0.05) is 18.0 Å². The molecule has 5 nitrogen and oxygen atoms in total. The molecule has 3 aromatic heterocycles. The molecule has 4 aromatic rings. The summed E-state index contributed by atoms with van der Waals surface area (Å²) in [6, 6.07) is 12.2. The van der Waals surface area contributed by atoms with Gasteiger partial charge >= 0.3 is 0 Å². The standard InChI is InChI=1S/C18H13ClFN5/c19-15-9-12(4-5-16(15)20)14-11-24-25-17(6-8-22-18(14)25)23-10-13-3-1-2-7-21-13/h1-9,11,23H,10H2. The number of fused-ring (bicyclic) bond motifs is 1. The number of halogens is 2. The zero-order valence-corrected chi connectivity index (χ0v) is 13.8. The average molecular weight is 354 g/mol. The molecule has 0 aliphatic rings. The van der Waals surface area contributed by atoms with E-state index in [9.17, 15) is 4.39 Å². The maximum atomic E-state index is 13.4. The Kier molecular flexibility index (Phi) is 4.03. The molecule has 25 heavy (non-hydrogen) atoms.